The highest BCUT2D eigenvalue weighted by molar-refractivity contribution is 6.09. The van der Waals surface area contributed by atoms with Crippen LogP contribution in [0.1, 0.15) is 73.3 Å². The lowest BCUT2D eigenvalue weighted by Crippen LogP contribution is -2.12. The maximum atomic E-state index is 9.32. The predicted octanol–water partition coefficient (Wildman–Crippen LogP) is 16.1. The molecule has 0 saturated heterocycles. The van der Waals surface area contributed by atoms with Crippen LogP contribution in [0.2, 0.25) is 0 Å². The summed E-state index contributed by atoms with van der Waals surface area (Å²) in [6.45, 7) is 6.55. The Balaban J connectivity index is 1.20. The number of benzene rings is 7. The van der Waals surface area contributed by atoms with Gasteiger partial charge in [-0.3, -0.25) is 9.55 Å². The Morgan fingerprint density at radius 1 is 0.603 bits per heavy atom. The minimum Gasteiger partial charge on any atom is -0.457 e. The third kappa shape index (κ3) is 7.59. The molecule has 0 amide bonds. The van der Waals surface area contributed by atoms with Gasteiger partial charge in [-0.25, -0.2) is 4.98 Å². The van der Waals surface area contributed by atoms with Crippen molar-refractivity contribution in [2.24, 2.45) is 0 Å². The van der Waals surface area contributed by atoms with Gasteiger partial charge in [0.25, 0.3) is 11.4 Å². The van der Waals surface area contributed by atoms with E-state index in [1.807, 2.05) is 93.8 Å². The molecule has 6 nitrogen and oxygen atoms in total. The Labute approximate surface area is 418 Å². The van der Waals surface area contributed by atoms with Crippen molar-refractivity contribution in [3.63, 3.8) is 0 Å². The lowest BCUT2D eigenvalue weighted by molar-refractivity contribution is 0.483. The molecule has 0 radical (unpaired) electrons. The SMILES string of the molecule is [2H]c1c([2H])c(C([2H])([2H])[2H])c([2H])c([2H])c1-c1cccc(-c2c([2H])c([2H])c(C([2H])([2H])[2H])c([2H])c2[2H])c1[N+]1=C=[N+](c2cc(Oc3ccc4c5ccncc5n(-c5cc(C(C)(C)C)ccn5)c4c3)cc(-c3c(C)cc(C)cc3C)c2)c2ccccc21. The number of hydrogen-bond donors (Lipinski definition) is 0. The normalized spacial score (nSPS) is 15.7. The second kappa shape index (κ2) is 16.6. The molecule has 0 bridgehead atoms. The summed E-state index contributed by atoms with van der Waals surface area (Å²) in [6.07, 6.45) is 5.41. The first-order chi connectivity index (χ1) is 38.6. The van der Waals surface area contributed by atoms with E-state index in [0.717, 1.165) is 61.0 Å². The number of aryl methyl sites for hydroxylation is 3. The van der Waals surface area contributed by atoms with E-state index >= 15 is 0 Å². The second-order valence-corrected chi connectivity index (χ2v) is 18.1. The molecule has 0 fully saturated rings. The molecule has 10 aromatic rings. The maximum Gasteiger partial charge on any atom is 0.503 e. The molecule has 11 rings (SSSR count). The van der Waals surface area contributed by atoms with Crippen LogP contribution in [-0.4, -0.2) is 20.5 Å². The van der Waals surface area contributed by atoms with Crippen LogP contribution in [0.25, 0.3) is 61.0 Å². The first-order valence-electron chi connectivity index (χ1n) is 29.2. The first-order valence-corrected chi connectivity index (χ1v) is 22.2. The summed E-state index contributed by atoms with van der Waals surface area (Å²) in [6, 6.07) is 31.3. The van der Waals surface area contributed by atoms with Crippen molar-refractivity contribution in [1.82, 2.24) is 23.7 Å². The molecule has 4 heterocycles. The zero-order chi connectivity index (χ0) is 58.8. The molecule has 0 spiro atoms. The number of ether oxygens (including phenoxy) is 1. The number of para-hydroxylation sites is 3. The average Bonchev–Trinajstić information content (AvgIpc) is 2.02. The van der Waals surface area contributed by atoms with Gasteiger partial charge < -0.3 is 4.74 Å². The molecule has 0 saturated carbocycles. The van der Waals surface area contributed by atoms with Gasteiger partial charge in [0.2, 0.25) is 11.4 Å². The van der Waals surface area contributed by atoms with Crippen molar-refractivity contribution in [2.75, 3.05) is 0 Å². The van der Waals surface area contributed by atoms with Crippen molar-refractivity contribution >= 4 is 50.6 Å². The molecule has 330 valence electrons. The van der Waals surface area contributed by atoms with E-state index in [2.05, 4.69) is 54.5 Å². The zero-order valence-corrected chi connectivity index (χ0v) is 38.3. The highest BCUT2D eigenvalue weighted by Gasteiger charge is 2.39. The Hall–Kier alpha value is -8.18. The standard InChI is InChI=1S/C62H53N5O/c1-39-16-20-44(21-17-39)51-12-11-13-52(45-22-18-40(2)19-23-45)61(51)66-38-65(55-14-9-10-15-56(55)66)48-32-46(60-42(4)30-41(3)31-43(60)5)33-50(35-48)68-49-24-25-53-54-27-28-63-37-58(54)67(57(53)36-49)59-34-47(26-29-64-59)62(6,7)8/h9-37H,1-8H3/q+2/i1D3,2D3,16D,17D,18D,19D,20D,21D,22D,23D. The Morgan fingerprint density at radius 2 is 1.26 bits per heavy atom. The molecule has 1 aliphatic rings. The van der Waals surface area contributed by atoms with Crippen LogP contribution >= 0.6 is 0 Å². The van der Waals surface area contributed by atoms with Crippen LogP contribution in [0.3, 0.4) is 0 Å². The van der Waals surface area contributed by atoms with Gasteiger partial charge in [-0.2, -0.15) is 0 Å². The van der Waals surface area contributed by atoms with E-state index < -0.39 is 73.2 Å². The summed E-state index contributed by atoms with van der Waals surface area (Å²) in [7, 11) is 0. The second-order valence-electron chi connectivity index (χ2n) is 18.1. The van der Waals surface area contributed by atoms with E-state index in [1.165, 1.54) is 18.2 Å². The van der Waals surface area contributed by atoms with Crippen molar-refractivity contribution < 1.29 is 23.9 Å². The molecule has 68 heavy (non-hydrogen) atoms. The fraction of sp³-hybridized carbons (Fsp3) is 0.145. The highest BCUT2D eigenvalue weighted by atomic mass is 16.5. The quantitative estimate of drug-likeness (QED) is 0.143. The Bertz CT molecular complexity index is 4270. The molecule has 3 aromatic heterocycles. The summed E-state index contributed by atoms with van der Waals surface area (Å²) in [5.74, 6) is 1.68. The summed E-state index contributed by atoms with van der Waals surface area (Å²) < 4.78 is 134. The zero-order valence-electron chi connectivity index (χ0n) is 52.3. The largest absolute Gasteiger partial charge is 0.503 e. The summed E-state index contributed by atoms with van der Waals surface area (Å²) in [4.78, 5) is 9.35. The third-order valence-electron chi connectivity index (χ3n) is 12.3. The molecule has 0 aliphatic carbocycles. The number of fused-ring (bicyclic) bond motifs is 4. The molecule has 0 atom stereocenters. The Morgan fingerprint density at radius 3 is 1.93 bits per heavy atom. The fourth-order valence-corrected chi connectivity index (χ4v) is 9.35. The molecular formula is C62H53N5O+2. The average molecular weight is 898 g/mol. The lowest BCUT2D eigenvalue weighted by atomic mass is 9.88. The number of rotatable bonds is 8. The minimum absolute atomic E-state index is 0.0138. The predicted molar refractivity (Wildman–Crippen MR) is 282 cm³/mol. The van der Waals surface area contributed by atoms with Crippen molar-refractivity contribution in [3.8, 4) is 50.7 Å². The maximum absolute atomic E-state index is 9.32. The molecule has 6 heteroatoms. The van der Waals surface area contributed by atoms with Gasteiger partial charge in [0.05, 0.1) is 45.4 Å². The number of pyridine rings is 2. The molecule has 0 unspecified atom stereocenters. The van der Waals surface area contributed by atoms with Crippen molar-refractivity contribution in [1.29, 1.82) is 0 Å². The van der Waals surface area contributed by atoms with Crippen LogP contribution in [0.15, 0.2) is 176 Å². The first kappa shape index (κ1) is 29.5. The van der Waals surface area contributed by atoms with Gasteiger partial charge in [-0.1, -0.05) is 116 Å². The van der Waals surface area contributed by atoms with E-state index in [4.69, 9.17) is 23.4 Å². The minimum atomic E-state index is -3.02. The van der Waals surface area contributed by atoms with E-state index in [-0.39, 0.29) is 33.4 Å². The van der Waals surface area contributed by atoms with Crippen LogP contribution in [0.4, 0.5) is 22.7 Å². The van der Waals surface area contributed by atoms with Crippen molar-refractivity contribution in [2.45, 2.75) is 60.7 Å². The van der Waals surface area contributed by atoms with Gasteiger partial charge >= 0.3 is 6.01 Å². The van der Waals surface area contributed by atoms with Crippen molar-refractivity contribution in [3.05, 3.63) is 210 Å². The fourth-order valence-electron chi connectivity index (χ4n) is 9.35. The van der Waals surface area contributed by atoms with Gasteiger partial charge in [-0.05, 0) is 137 Å². The van der Waals surface area contributed by atoms with E-state index in [0.29, 0.717) is 28.6 Å². The topological polar surface area (TPSA) is 46.0 Å². The highest BCUT2D eigenvalue weighted by Crippen LogP contribution is 2.46. The van der Waals surface area contributed by atoms with Crippen LogP contribution in [0, 0.1) is 34.5 Å². The third-order valence-corrected chi connectivity index (χ3v) is 12.3. The number of nitrogens with zero attached hydrogens (tertiary/aromatic N) is 5. The Kier molecular flexibility index (Phi) is 7.19. The molecular weight excluding hydrogens is 831 g/mol. The van der Waals surface area contributed by atoms with Crippen LogP contribution < -0.4 is 13.9 Å². The van der Waals surface area contributed by atoms with E-state index in [9.17, 15) is 5.48 Å². The summed E-state index contributed by atoms with van der Waals surface area (Å²) >= 11 is 0. The molecule has 0 N–H and O–H groups in total. The summed E-state index contributed by atoms with van der Waals surface area (Å²) in [5.41, 5.74) is 6.83. The van der Waals surface area contributed by atoms with Crippen LogP contribution in [-0.2, 0) is 5.41 Å². The van der Waals surface area contributed by atoms with Gasteiger partial charge in [0.15, 0.2) is 0 Å². The number of aromatic nitrogens is 3. The molecule has 7 aromatic carbocycles. The van der Waals surface area contributed by atoms with Crippen LogP contribution in [0.5, 0.6) is 11.5 Å². The molecule has 1 aliphatic heterocycles. The van der Waals surface area contributed by atoms with E-state index in [1.54, 1.807) is 27.5 Å². The monoisotopic (exact) mass is 898 g/mol. The van der Waals surface area contributed by atoms with Gasteiger partial charge in [0, 0.05) is 55.7 Å². The lowest BCUT2D eigenvalue weighted by Gasteiger charge is -2.20. The van der Waals surface area contributed by atoms with Gasteiger partial charge in [-0.15, -0.1) is 0 Å². The smallest absolute Gasteiger partial charge is 0.457 e. The summed E-state index contributed by atoms with van der Waals surface area (Å²) in [5, 5.41) is 1.95. The van der Waals surface area contributed by atoms with Gasteiger partial charge in [0.1, 0.15) is 17.3 Å². The number of hydrogen-bond acceptors (Lipinski definition) is 3.